The molecule has 0 aliphatic heterocycles. The molecular formula is C19H12O3. The summed E-state index contributed by atoms with van der Waals surface area (Å²) in [5.41, 5.74) is 3.24. The topological polar surface area (TPSA) is 54.4 Å². The van der Waals surface area contributed by atoms with Gasteiger partial charge in [-0.05, 0) is 39.6 Å². The van der Waals surface area contributed by atoms with E-state index in [0.717, 1.165) is 27.5 Å². The molecule has 1 N–H and O–H groups in total. The molecule has 0 saturated heterocycles. The van der Waals surface area contributed by atoms with Crippen molar-refractivity contribution < 1.29 is 14.7 Å². The number of rotatable bonds is 1. The fourth-order valence-electron chi connectivity index (χ4n) is 3.13. The number of carbonyl (C=O) groups excluding carboxylic acids is 2. The highest BCUT2D eigenvalue weighted by Gasteiger charge is 2.28. The number of hydrogen-bond donors (Lipinski definition) is 1. The molecule has 0 saturated carbocycles. The summed E-state index contributed by atoms with van der Waals surface area (Å²) in [6.45, 7) is 0. The Morgan fingerprint density at radius 1 is 0.818 bits per heavy atom. The Bertz CT molecular complexity index is 937. The van der Waals surface area contributed by atoms with Gasteiger partial charge in [0.1, 0.15) is 5.75 Å². The minimum atomic E-state index is -0.402. The van der Waals surface area contributed by atoms with Gasteiger partial charge in [0.2, 0.25) is 11.6 Å². The number of aromatic hydroxyl groups is 1. The SMILES string of the molecule is O=C1Cc2c(-c3ccc(O)cc3)ccc3cccc(c23)C1=O. The summed E-state index contributed by atoms with van der Waals surface area (Å²) in [4.78, 5) is 24.2. The lowest BCUT2D eigenvalue weighted by molar-refractivity contribution is -0.114. The van der Waals surface area contributed by atoms with E-state index >= 15 is 0 Å². The summed E-state index contributed by atoms with van der Waals surface area (Å²) in [5, 5.41) is 11.3. The van der Waals surface area contributed by atoms with Crippen LogP contribution in [0.15, 0.2) is 54.6 Å². The molecule has 0 unspecified atom stereocenters. The van der Waals surface area contributed by atoms with E-state index in [9.17, 15) is 14.7 Å². The van der Waals surface area contributed by atoms with Crippen molar-refractivity contribution in [3.63, 3.8) is 0 Å². The normalized spacial score (nSPS) is 13.6. The Hall–Kier alpha value is -2.94. The summed E-state index contributed by atoms with van der Waals surface area (Å²) in [6.07, 6.45) is 0.128. The predicted octanol–water partition coefficient (Wildman–Crippen LogP) is 3.52. The molecule has 0 amide bonds. The first-order valence-electron chi connectivity index (χ1n) is 7.07. The van der Waals surface area contributed by atoms with Gasteiger partial charge >= 0.3 is 0 Å². The minimum Gasteiger partial charge on any atom is -0.508 e. The number of phenolic OH excluding ortho intramolecular Hbond substituents is 1. The van der Waals surface area contributed by atoms with Gasteiger partial charge in [0.05, 0.1) is 0 Å². The van der Waals surface area contributed by atoms with Crippen molar-refractivity contribution in [2.24, 2.45) is 0 Å². The Labute approximate surface area is 126 Å². The van der Waals surface area contributed by atoms with Crippen LogP contribution in [0, 0.1) is 0 Å². The van der Waals surface area contributed by atoms with Gasteiger partial charge in [-0.2, -0.15) is 0 Å². The summed E-state index contributed by atoms with van der Waals surface area (Å²) < 4.78 is 0. The molecule has 0 atom stereocenters. The van der Waals surface area contributed by atoms with Crippen LogP contribution in [0.2, 0.25) is 0 Å². The quantitative estimate of drug-likeness (QED) is 0.697. The van der Waals surface area contributed by atoms with E-state index in [2.05, 4.69) is 0 Å². The smallest absolute Gasteiger partial charge is 0.229 e. The van der Waals surface area contributed by atoms with E-state index in [1.165, 1.54) is 0 Å². The van der Waals surface area contributed by atoms with Crippen LogP contribution in [-0.2, 0) is 11.2 Å². The Balaban J connectivity index is 2.07. The Morgan fingerprint density at radius 3 is 2.36 bits per heavy atom. The largest absolute Gasteiger partial charge is 0.508 e. The van der Waals surface area contributed by atoms with Gasteiger partial charge in [-0.15, -0.1) is 0 Å². The van der Waals surface area contributed by atoms with Gasteiger partial charge in [0, 0.05) is 12.0 Å². The van der Waals surface area contributed by atoms with E-state index in [1.54, 1.807) is 24.3 Å². The van der Waals surface area contributed by atoms with Crippen molar-refractivity contribution in [2.45, 2.75) is 6.42 Å². The summed E-state index contributed by atoms with van der Waals surface area (Å²) in [6, 6.07) is 16.3. The number of benzene rings is 3. The first kappa shape index (κ1) is 12.8. The van der Waals surface area contributed by atoms with Crippen molar-refractivity contribution in [3.05, 3.63) is 65.7 Å². The third kappa shape index (κ3) is 1.76. The number of ketones is 2. The molecule has 0 radical (unpaired) electrons. The second kappa shape index (κ2) is 4.53. The molecule has 0 heterocycles. The van der Waals surface area contributed by atoms with E-state index in [-0.39, 0.29) is 18.0 Å². The standard InChI is InChI=1S/C19H12O3/c20-13-7-4-11(5-8-13)14-9-6-12-2-1-3-15-18(12)16(14)10-17(21)19(15)22/h1-9,20H,10H2. The molecule has 1 aliphatic rings. The van der Waals surface area contributed by atoms with Gasteiger partial charge in [-0.1, -0.05) is 42.5 Å². The highest BCUT2D eigenvalue weighted by molar-refractivity contribution is 6.48. The summed E-state index contributed by atoms with van der Waals surface area (Å²) >= 11 is 0. The predicted molar refractivity (Wildman–Crippen MR) is 84.1 cm³/mol. The molecule has 3 heteroatoms. The van der Waals surface area contributed by atoms with Gasteiger partial charge in [0.25, 0.3) is 0 Å². The van der Waals surface area contributed by atoms with Gasteiger partial charge in [-0.25, -0.2) is 0 Å². The first-order chi connectivity index (χ1) is 10.6. The van der Waals surface area contributed by atoms with Gasteiger partial charge in [0.15, 0.2) is 0 Å². The molecule has 0 fully saturated rings. The monoisotopic (exact) mass is 288 g/mol. The summed E-state index contributed by atoms with van der Waals surface area (Å²) in [5.74, 6) is -0.572. The Morgan fingerprint density at radius 2 is 1.59 bits per heavy atom. The van der Waals surface area contributed by atoms with Crippen molar-refractivity contribution in [1.82, 2.24) is 0 Å². The van der Waals surface area contributed by atoms with Crippen LogP contribution in [0.4, 0.5) is 0 Å². The third-order valence-corrected chi connectivity index (χ3v) is 4.17. The zero-order chi connectivity index (χ0) is 15.3. The zero-order valence-corrected chi connectivity index (χ0v) is 11.7. The average Bonchev–Trinajstić information content (AvgIpc) is 2.54. The van der Waals surface area contributed by atoms with Crippen LogP contribution in [0.25, 0.3) is 21.9 Å². The lowest BCUT2D eigenvalue weighted by Crippen LogP contribution is -2.22. The molecule has 3 aromatic carbocycles. The van der Waals surface area contributed by atoms with Crippen molar-refractivity contribution in [1.29, 1.82) is 0 Å². The lowest BCUT2D eigenvalue weighted by Gasteiger charge is -2.19. The van der Waals surface area contributed by atoms with E-state index in [0.29, 0.717) is 5.56 Å². The third-order valence-electron chi connectivity index (χ3n) is 4.17. The highest BCUT2D eigenvalue weighted by atomic mass is 16.3. The maximum Gasteiger partial charge on any atom is 0.229 e. The fraction of sp³-hybridized carbons (Fsp3) is 0.0526. The molecule has 0 spiro atoms. The van der Waals surface area contributed by atoms with Gasteiger partial charge < -0.3 is 5.11 Å². The molecule has 0 aromatic heterocycles. The molecule has 22 heavy (non-hydrogen) atoms. The van der Waals surface area contributed by atoms with Crippen LogP contribution in [0.5, 0.6) is 5.75 Å². The maximum atomic E-state index is 12.1. The minimum absolute atomic E-state index is 0.128. The lowest BCUT2D eigenvalue weighted by atomic mass is 9.83. The second-order valence-electron chi connectivity index (χ2n) is 5.47. The van der Waals surface area contributed by atoms with Crippen LogP contribution in [-0.4, -0.2) is 16.7 Å². The fourth-order valence-corrected chi connectivity index (χ4v) is 3.13. The summed E-state index contributed by atoms with van der Waals surface area (Å²) in [7, 11) is 0. The van der Waals surface area contributed by atoms with Crippen molar-refractivity contribution in [2.75, 3.05) is 0 Å². The van der Waals surface area contributed by atoms with Crippen molar-refractivity contribution >= 4 is 22.3 Å². The van der Waals surface area contributed by atoms with Crippen LogP contribution < -0.4 is 0 Å². The number of phenols is 1. The second-order valence-corrected chi connectivity index (χ2v) is 5.47. The Kier molecular flexibility index (Phi) is 2.63. The van der Waals surface area contributed by atoms with Crippen LogP contribution in [0.3, 0.4) is 0 Å². The maximum absolute atomic E-state index is 12.1. The average molecular weight is 288 g/mol. The van der Waals surface area contributed by atoms with E-state index in [4.69, 9.17) is 0 Å². The van der Waals surface area contributed by atoms with Gasteiger partial charge in [-0.3, -0.25) is 9.59 Å². The van der Waals surface area contributed by atoms with Crippen LogP contribution in [0.1, 0.15) is 15.9 Å². The molecule has 106 valence electrons. The first-order valence-corrected chi connectivity index (χ1v) is 7.07. The number of hydrogen-bond acceptors (Lipinski definition) is 3. The molecule has 1 aliphatic carbocycles. The number of Topliss-reactive ketones (excluding diaryl/α,β-unsaturated/α-hetero) is 2. The van der Waals surface area contributed by atoms with E-state index in [1.807, 2.05) is 30.3 Å². The van der Waals surface area contributed by atoms with Crippen molar-refractivity contribution in [3.8, 4) is 16.9 Å². The molecule has 0 bridgehead atoms. The molecular weight excluding hydrogens is 276 g/mol. The molecule has 3 aromatic rings. The van der Waals surface area contributed by atoms with Crippen LogP contribution >= 0.6 is 0 Å². The molecule has 3 nitrogen and oxygen atoms in total. The number of carbonyl (C=O) groups is 2. The van der Waals surface area contributed by atoms with E-state index < -0.39 is 5.78 Å². The zero-order valence-electron chi connectivity index (χ0n) is 11.7. The molecule has 4 rings (SSSR count). The highest BCUT2D eigenvalue weighted by Crippen LogP contribution is 2.36.